The number of carboxylic acid groups (broad SMARTS) is 1. The Morgan fingerprint density at radius 3 is 2.14 bits per heavy atom. The molecule has 10 heteroatoms. The number of benzene rings is 3. The van der Waals surface area contributed by atoms with Gasteiger partial charge in [0.25, 0.3) is 15.9 Å². The minimum Gasteiger partial charge on any atom is -0.478 e. The first-order valence-corrected chi connectivity index (χ1v) is 12.4. The summed E-state index contributed by atoms with van der Waals surface area (Å²) in [7, 11) is -4.09. The smallest absolute Gasteiger partial charge is 0.335 e. The highest BCUT2D eigenvalue weighted by Crippen LogP contribution is 2.27. The number of anilines is 2. The number of para-hydroxylation sites is 1. The largest absolute Gasteiger partial charge is 0.478 e. The number of rotatable bonds is 7. The third kappa shape index (κ3) is 6.28. The summed E-state index contributed by atoms with van der Waals surface area (Å²) < 4.78 is 34.0. The van der Waals surface area contributed by atoms with Crippen LogP contribution in [0.1, 0.15) is 47.1 Å². The second kappa shape index (κ2) is 10.2. The molecule has 0 aliphatic heterocycles. The first kappa shape index (κ1) is 26.4. The molecule has 0 radical (unpaired) electrons. The zero-order chi connectivity index (χ0) is 26.7. The Morgan fingerprint density at radius 2 is 1.56 bits per heavy atom. The Balaban J connectivity index is 1.81. The fourth-order valence-electron chi connectivity index (χ4n) is 3.02. The predicted molar refractivity (Wildman–Crippen MR) is 135 cm³/mol. The van der Waals surface area contributed by atoms with Gasteiger partial charge in [0.15, 0.2) is 0 Å². The van der Waals surface area contributed by atoms with E-state index in [1.165, 1.54) is 54.6 Å². The van der Waals surface area contributed by atoms with E-state index in [4.69, 9.17) is 9.84 Å². The van der Waals surface area contributed by atoms with Crippen molar-refractivity contribution in [3.8, 4) is 5.75 Å². The molecule has 3 N–H and O–H groups in total. The van der Waals surface area contributed by atoms with Gasteiger partial charge in [-0.3, -0.25) is 14.3 Å². The van der Waals surface area contributed by atoms with Gasteiger partial charge >= 0.3 is 11.9 Å². The van der Waals surface area contributed by atoms with Crippen LogP contribution < -0.4 is 14.8 Å². The van der Waals surface area contributed by atoms with Gasteiger partial charge < -0.3 is 15.2 Å². The predicted octanol–water partition coefficient (Wildman–Crippen LogP) is 4.70. The van der Waals surface area contributed by atoms with Crippen molar-refractivity contribution in [1.82, 2.24) is 0 Å². The van der Waals surface area contributed by atoms with Crippen LogP contribution in [0.3, 0.4) is 0 Å². The number of ether oxygens (including phenoxy) is 1. The first-order chi connectivity index (χ1) is 16.8. The van der Waals surface area contributed by atoms with Crippen molar-refractivity contribution in [2.75, 3.05) is 10.0 Å². The molecule has 0 spiro atoms. The minimum absolute atomic E-state index is 0.0537. The maximum absolute atomic E-state index is 13.1. The van der Waals surface area contributed by atoms with Crippen molar-refractivity contribution >= 4 is 39.2 Å². The number of sulfonamides is 1. The topological polar surface area (TPSA) is 139 Å². The van der Waals surface area contributed by atoms with Gasteiger partial charge in [0.2, 0.25) is 0 Å². The highest BCUT2D eigenvalue weighted by molar-refractivity contribution is 7.92. The highest BCUT2D eigenvalue weighted by Gasteiger charge is 2.25. The van der Waals surface area contributed by atoms with E-state index in [-0.39, 0.29) is 27.5 Å². The number of aromatic carboxylic acids is 1. The van der Waals surface area contributed by atoms with E-state index in [2.05, 4.69) is 10.0 Å². The number of carboxylic acids is 1. The van der Waals surface area contributed by atoms with Gasteiger partial charge in [0.1, 0.15) is 5.75 Å². The Hall–Kier alpha value is -4.18. The van der Waals surface area contributed by atoms with Crippen LogP contribution in [0.25, 0.3) is 0 Å². The third-order valence-electron chi connectivity index (χ3n) is 5.08. The number of aryl methyl sites for hydroxylation is 1. The Morgan fingerprint density at radius 1 is 0.917 bits per heavy atom. The molecule has 0 saturated carbocycles. The molecule has 0 fully saturated rings. The van der Waals surface area contributed by atoms with Gasteiger partial charge in [-0.2, -0.15) is 0 Å². The molecular weight excluding hydrogens is 484 g/mol. The Bertz CT molecular complexity index is 1420. The number of nitrogens with one attached hydrogen (secondary N) is 2. The van der Waals surface area contributed by atoms with Crippen molar-refractivity contribution in [2.45, 2.75) is 32.6 Å². The molecule has 3 aromatic rings. The summed E-state index contributed by atoms with van der Waals surface area (Å²) in [6.07, 6.45) is 0. The molecular formula is C26H26N2O7S. The fraction of sp³-hybridized carbons (Fsp3) is 0.192. The van der Waals surface area contributed by atoms with Gasteiger partial charge in [-0.15, -0.1) is 0 Å². The first-order valence-electron chi connectivity index (χ1n) is 10.9. The van der Waals surface area contributed by atoms with Gasteiger partial charge in [-0.05, 0) is 87.9 Å². The molecule has 0 saturated heterocycles. The quantitative estimate of drug-likeness (QED) is 0.309. The van der Waals surface area contributed by atoms with E-state index in [9.17, 15) is 22.8 Å². The van der Waals surface area contributed by atoms with E-state index in [0.717, 1.165) is 0 Å². The number of hydrogen-bond acceptors (Lipinski definition) is 6. The lowest BCUT2D eigenvalue weighted by molar-refractivity contribution is -0.143. The van der Waals surface area contributed by atoms with Crippen LogP contribution in [0.2, 0.25) is 0 Å². The van der Waals surface area contributed by atoms with Crippen LogP contribution in [0.4, 0.5) is 11.4 Å². The molecule has 9 nitrogen and oxygen atoms in total. The van der Waals surface area contributed by atoms with E-state index in [0.29, 0.717) is 11.3 Å². The molecule has 0 aliphatic carbocycles. The monoisotopic (exact) mass is 510 g/mol. The molecule has 0 aromatic heterocycles. The SMILES string of the molecule is Cc1cc(S(=O)(=O)Nc2ccccc2C(=O)Nc2ccc(C(=O)O)cc2)ccc1OC(=O)C(C)(C)C. The molecule has 0 atom stereocenters. The molecule has 0 heterocycles. The van der Waals surface area contributed by atoms with Crippen LogP contribution in [-0.4, -0.2) is 31.4 Å². The van der Waals surface area contributed by atoms with Gasteiger partial charge in [-0.25, -0.2) is 13.2 Å². The molecule has 3 aromatic carbocycles. The lowest BCUT2D eigenvalue weighted by Gasteiger charge is -2.18. The lowest BCUT2D eigenvalue weighted by Crippen LogP contribution is -2.26. The van der Waals surface area contributed by atoms with Gasteiger partial charge in [0.05, 0.1) is 27.1 Å². The van der Waals surface area contributed by atoms with Crippen molar-refractivity contribution < 1.29 is 32.6 Å². The average molecular weight is 511 g/mol. The highest BCUT2D eigenvalue weighted by atomic mass is 32.2. The maximum atomic E-state index is 13.1. The Kier molecular flexibility index (Phi) is 7.49. The summed E-state index contributed by atoms with van der Waals surface area (Å²) in [5, 5.41) is 11.6. The number of esters is 1. The van der Waals surface area contributed by atoms with Gasteiger partial charge in [-0.1, -0.05) is 12.1 Å². The molecule has 188 valence electrons. The normalized spacial score (nSPS) is 11.4. The van der Waals surface area contributed by atoms with E-state index < -0.39 is 33.3 Å². The van der Waals surface area contributed by atoms with E-state index in [1.54, 1.807) is 39.8 Å². The van der Waals surface area contributed by atoms with E-state index >= 15 is 0 Å². The summed E-state index contributed by atoms with van der Waals surface area (Å²) >= 11 is 0. The van der Waals surface area contributed by atoms with Crippen molar-refractivity contribution in [3.05, 3.63) is 83.4 Å². The van der Waals surface area contributed by atoms with Crippen LogP contribution in [0.15, 0.2) is 71.6 Å². The zero-order valence-electron chi connectivity index (χ0n) is 20.2. The maximum Gasteiger partial charge on any atom is 0.335 e. The van der Waals surface area contributed by atoms with Gasteiger partial charge in [0, 0.05) is 5.69 Å². The van der Waals surface area contributed by atoms with Crippen LogP contribution in [0.5, 0.6) is 5.75 Å². The zero-order valence-corrected chi connectivity index (χ0v) is 21.0. The molecule has 1 amide bonds. The average Bonchev–Trinajstić information content (AvgIpc) is 2.80. The second-order valence-corrected chi connectivity index (χ2v) is 10.7. The van der Waals surface area contributed by atoms with Crippen molar-refractivity contribution in [3.63, 3.8) is 0 Å². The number of amides is 1. The summed E-state index contributed by atoms with van der Waals surface area (Å²) in [4.78, 5) is 35.9. The minimum atomic E-state index is -4.09. The van der Waals surface area contributed by atoms with Crippen LogP contribution in [0, 0.1) is 12.3 Å². The molecule has 0 bridgehead atoms. The second-order valence-electron chi connectivity index (χ2n) is 9.05. The standard InChI is InChI=1S/C26H26N2O7S/c1-16-15-19(13-14-22(16)35-25(32)26(2,3)4)36(33,34)28-21-8-6-5-7-20(21)23(29)27-18-11-9-17(10-12-18)24(30)31/h5-15,28H,1-4H3,(H,27,29)(H,30,31). The summed E-state index contributed by atoms with van der Waals surface area (Å²) in [5.41, 5.74) is 0.260. The number of hydrogen-bond donors (Lipinski definition) is 3. The number of carbonyl (C=O) groups is 3. The van der Waals surface area contributed by atoms with E-state index in [1.807, 2.05) is 0 Å². The van der Waals surface area contributed by atoms with Crippen molar-refractivity contribution in [2.24, 2.45) is 5.41 Å². The van der Waals surface area contributed by atoms with Crippen molar-refractivity contribution in [1.29, 1.82) is 0 Å². The third-order valence-corrected chi connectivity index (χ3v) is 6.44. The summed E-state index contributed by atoms with van der Waals surface area (Å²) in [6.45, 7) is 6.77. The summed E-state index contributed by atoms with van der Waals surface area (Å²) in [5.74, 6) is -1.88. The van der Waals surface area contributed by atoms with Crippen LogP contribution in [-0.2, 0) is 14.8 Å². The van der Waals surface area contributed by atoms with Crippen LogP contribution >= 0.6 is 0 Å². The Labute approximate surface area is 209 Å². The fourth-order valence-corrected chi connectivity index (χ4v) is 4.19. The molecule has 36 heavy (non-hydrogen) atoms. The molecule has 3 rings (SSSR count). The molecule has 0 aliphatic rings. The lowest BCUT2D eigenvalue weighted by atomic mass is 9.97. The summed E-state index contributed by atoms with van der Waals surface area (Å²) in [6, 6.07) is 15.7. The number of carbonyl (C=O) groups excluding carboxylic acids is 2. The molecule has 0 unspecified atom stereocenters.